The van der Waals surface area contributed by atoms with Gasteiger partial charge in [0.15, 0.2) is 0 Å². The average Bonchev–Trinajstić information content (AvgIpc) is 3.74. The first kappa shape index (κ1) is 48.8. The van der Waals surface area contributed by atoms with Gasteiger partial charge in [-0.2, -0.15) is 0 Å². The van der Waals surface area contributed by atoms with Gasteiger partial charge in [0.2, 0.25) is 0 Å². The third-order valence-electron chi connectivity index (χ3n) is 17.4. The Kier molecular flexibility index (Phi) is 17.0. The van der Waals surface area contributed by atoms with E-state index >= 15 is 0 Å². The van der Waals surface area contributed by atoms with Gasteiger partial charge in [0.25, 0.3) is 0 Å². The molecule has 0 spiro atoms. The van der Waals surface area contributed by atoms with E-state index in [9.17, 15) is 20.4 Å². The highest BCUT2D eigenvalue weighted by molar-refractivity contribution is 5.39. The summed E-state index contributed by atoms with van der Waals surface area (Å²) < 4.78 is 0. The van der Waals surface area contributed by atoms with Crippen molar-refractivity contribution in [1.29, 1.82) is 0 Å². The van der Waals surface area contributed by atoms with E-state index in [0.717, 1.165) is 40.5 Å². The zero-order chi connectivity index (χ0) is 44.1. The monoisotopic (exact) mass is 825 g/mol. The van der Waals surface area contributed by atoms with E-state index in [1.165, 1.54) is 56.9 Å². The van der Waals surface area contributed by atoms with Gasteiger partial charge >= 0.3 is 0 Å². The molecule has 6 unspecified atom stereocenters. The van der Waals surface area contributed by atoms with Crippen LogP contribution >= 0.6 is 0 Å². The quantitative estimate of drug-likeness (QED) is 0.156. The molecular weight excluding hydrogens is 737 g/mol. The Morgan fingerprint density at radius 2 is 1.22 bits per heavy atom. The van der Waals surface area contributed by atoms with E-state index in [4.69, 9.17) is 0 Å². The normalized spacial score (nSPS) is 38.5. The number of aliphatic hydroxyl groups is 4. The van der Waals surface area contributed by atoms with Gasteiger partial charge in [-0.05, 0) is 175 Å². The Balaban J connectivity index is 0.000000228. The Labute approximate surface area is 367 Å². The lowest BCUT2D eigenvalue weighted by Gasteiger charge is -2.44. The Bertz CT molecular complexity index is 1680. The van der Waals surface area contributed by atoms with E-state index in [2.05, 4.69) is 131 Å². The van der Waals surface area contributed by atoms with Gasteiger partial charge in [0.1, 0.15) is 0 Å². The van der Waals surface area contributed by atoms with E-state index in [1.54, 1.807) is 5.57 Å². The minimum Gasteiger partial charge on any atom is -0.393 e. The molecule has 336 valence electrons. The number of hydrogen-bond acceptors (Lipinski definition) is 4. The average molecular weight is 825 g/mol. The summed E-state index contributed by atoms with van der Waals surface area (Å²) in [5.41, 5.74) is 7.76. The van der Waals surface area contributed by atoms with Gasteiger partial charge in [0, 0.05) is 12.8 Å². The van der Waals surface area contributed by atoms with Gasteiger partial charge in [-0.25, -0.2) is 0 Å². The molecule has 0 amide bonds. The molecule has 6 aliphatic rings. The number of hydrogen-bond donors (Lipinski definition) is 4. The van der Waals surface area contributed by atoms with Crippen molar-refractivity contribution < 1.29 is 20.4 Å². The molecule has 60 heavy (non-hydrogen) atoms. The number of fused-ring (bicyclic) bond motifs is 2. The van der Waals surface area contributed by atoms with Crippen LogP contribution in [0.1, 0.15) is 160 Å². The zero-order valence-corrected chi connectivity index (χ0v) is 40.0. The molecule has 6 rings (SSSR count). The van der Waals surface area contributed by atoms with Crippen LogP contribution in [-0.2, 0) is 0 Å². The molecule has 4 heteroatoms. The van der Waals surface area contributed by atoms with E-state index < -0.39 is 24.4 Å². The number of allylic oxidation sites excluding steroid dienone is 11. The molecule has 4 nitrogen and oxygen atoms in total. The van der Waals surface area contributed by atoms with E-state index in [-0.39, 0.29) is 0 Å². The largest absolute Gasteiger partial charge is 0.393 e. The molecule has 6 aliphatic carbocycles. The van der Waals surface area contributed by atoms with Crippen LogP contribution in [0.4, 0.5) is 0 Å². The highest BCUT2D eigenvalue weighted by atomic mass is 16.3. The Hall–Kier alpha value is -2.24. The fourth-order valence-electron chi connectivity index (χ4n) is 12.5. The Morgan fingerprint density at radius 1 is 0.667 bits per heavy atom. The van der Waals surface area contributed by atoms with E-state index in [0.29, 0.717) is 83.9 Å². The molecular formula is C56H88O4. The van der Waals surface area contributed by atoms with Crippen molar-refractivity contribution in [2.75, 3.05) is 0 Å². The number of rotatable bonds is 11. The van der Waals surface area contributed by atoms with Gasteiger partial charge in [0.05, 0.1) is 24.4 Å². The Morgan fingerprint density at radius 3 is 1.82 bits per heavy atom. The minimum absolute atomic E-state index is 0.369. The fraction of sp³-hybridized carbons (Fsp3) is 0.714. The van der Waals surface area contributed by atoms with Crippen LogP contribution in [0.5, 0.6) is 0 Å². The van der Waals surface area contributed by atoms with Crippen LogP contribution in [0.25, 0.3) is 0 Å². The predicted molar refractivity (Wildman–Crippen MR) is 254 cm³/mol. The summed E-state index contributed by atoms with van der Waals surface area (Å²) in [6.45, 7) is 29.9. The molecule has 0 aromatic rings. The second-order valence-corrected chi connectivity index (χ2v) is 22.0. The molecule has 0 aromatic heterocycles. The first-order valence-electron chi connectivity index (χ1n) is 24.5. The molecule has 4 N–H and O–H groups in total. The maximum atomic E-state index is 10.2. The van der Waals surface area contributed by atoms with Gasteiger partial charge < -0.3 is 20.4 Å². The summed E-state index contributed by atoms with van der Waals surface area (Å²) in [5.74, 6) is 6.72. The minimum atomic E-state index is -0.605. The number of aliphatic hydroxyl groups excluding tert-OH is 4. The maximum absolute atomic E-state index is 10.2. The fourth-order valence-corrected chi connectivity index (χ4v) is 12.5. The molecule has 0 aliphatic heterocycles. The highest BCUT2D eigenvalue weighted by Gasteiger charge is 2.51. The van der Waals surface area contributed by atoms with Gasteiger partial charge in [-0.1, -0.05) is 136 Å². The zero-order valence-electron chi connectivity index (χ0n) is 40.0. The summed E-state index contributed by atoms with van der Waals surface area (Å²) in [7, 11) is 0. The van der Waals surface area contributed by atoms with Crippen molar-refractivity contribution in [2.45, 2.75) is 184 Å². The molecule has 14 atom stereocenters. The second kappa shape index (κ2) is 21.0. The third-order valence-corrected chi connectivity index (χ3v) is 17.4. The summed E-state index contributed by atoms with van der Waals surface area (Å²) in [5, 5.41) is 40.4. The first-order valence-corrected chi connectivity index (χ1v) is 24.5. The van der Waals surface area contributed by atoms with Crippen molar-refractivity contribution in [3.05, 3.63) is 94.7 Å². The van der Waals surface area contributed by atoms with Crippen LogP contribution in [0, 0.1) is 70.0 Å². The summed E-state index contributed by atoms with van der Waals surface area (Å²) in [6, 6.07) is 0. The van der Waals surface area contributed by atoms with Gasteiger partial charge in [-0.3, -0.25) is 0 Å². The molecule has 0 aromatic carbocycles. The second-order valence-electron chi connectivity index (χ2n) is 22.0. The third kappa shape index (κ3) is 11.3. The highest BCUT2D eigenvalue weighted by Crippen LogP contribution is 2.60. The van der Waals surface area contributed by atoms with Crippen molar-refractivity contribution >= 4 is 0 Å². The van der Waals surface area contributed by atoms with Crippen LogP contribution in [0.3, 0.4) is 0 Å². The van der Waals surface area contributed by atoms with Crippen LogP contribution < -0.4 is 0 Å². The lowest BCUT2D eigenvalue weighted by atomic mass is 9.61. The predicted octanol–water partition coefficient (Wildman–Crippen LogP) is 13.2. The van der Waals surface area contributed by atoms with E-state index in [1.807, 2.05) is 6.92 Å². The van der Waals surface area contributed by atoms with Crippen molar-refractivity contribution in [3.63, 3.8) is 0 Å². The first-order chi connectivity index (χ1) is 28.3. The van der Waals surface area contributed by atoms with Crippen LogP contribution in [0.2, 0.25) is 0 Å². The molecule has 4 fully saturated rings. The van der Waals surface area contributed by atoms with Crippen molar-refractivity contribution in [2.24, 2.45) is 70.0 Å². The standard InChI is InChI=1S/2C28H44O2/c2*1-18(2)19(3)9-10-20(4)25-13-14-26-22(8-7-15-28(25,26)6)11-12-23-16-24(29)17-27(30)21(23)5/h8-12,18-20,24-27,29-30H,7,13-17H2,1-6H3;9-12,18-20,24-27,29-30H,5,7-8,13-17H2,1-4,6H3/b10-9+,12-11-;10-9+,22-11+,23-12-/t2*19-,20+,24+,25?,26?,27-,28?/m00/s1. The summed E-state index contributed by atoms with van der Waals surface area (Å²) in [4.78, 5) is 0. The molecule has 0 saturated heterocycles. The summed E-state index contributed by atoms with van der Waals surface area (Å²) >= 11 is 0. The molecule has 0 heterocycles. The summed E-state index contributed by atoms with van der Waals surface area (Å²) in [6.07, 6.45) is 32.9. The molecule has 0 radical (unpaired) electrons. The molecule has 4 saturated carbocycles. The van der Waals surface area contributed by atoms with Crippen LogP contribution in [0.15, 0.2) is 94.7 Å². The SMILES string of the molecule is C=C1/C(=C\C=C2/CCCC3(C)C2CCC3[C@H](C)/C=C/[C@H](C)C(C)C)C[C@@H](O)C[C@@H]1O.CC1=C(/C=C\C2=CCCC3(C)C2CCC3[C@H](C)/C=C/[C@H](C)C(C)C)C[C@@H](O)C[C@@H]1O. The van der Waals surface area contributed by atoms with Crippen molar-refractivity contribution in [3.8, 4) is 0 Å². The molecule has 0 bridgehead atoms. The topological polar surface area (TPSA) is 80.9 Å². The lowest BCUT2D eigenvalue weighted by Crippen LogP contribution is -2.35. The van der Waals surface area contributed by atoms with Gasteiger partial charge in [-0.15, -0.1) is 0 Å². The van der Waals surface area contributed by atoms with Crippen LogP contribution in [-0.4, -0.2) is 44.8 Å². The maximum Gasteiger partial charge on any atom is 0.0811 e. The van der Waals surface area contributed by atoms with Crippen molar-refractivity contribution in [1.82, 2.24) is 0 Å². The lowest BCUT2D eigenvalue weighted by molar-refractivity contribution is 0.0860. The smallest absolute Gasteiger partial charge is 0.0811 e.